The summed E-state index contributed by atoms with van der Waals surface area (Å²) in [5, 5.41) is 3.62. The highest BCUT2D eigenvalue weighted by Crippen LogP contribution is 2.37. The lowest BCUT2D eigenvalue weighted by molar-refractivity contribution is 0.262. The second-order valence-electron chi connectivity index (χ2n) is 4.81. The van der Waals surface area contributed by atoms with Crippen LogP contribution in [0.1, 0.15) is 44.2 Å². The summed E-state index contributed by atoms with van der Waals surface area (Å²) < 4.78 is 2.37. The quantitative estimate of drug-likeness (QED) is 0.774. The van der Waals surface area contributed by atoms with E-state index < -0.39 is 0 Å². The van der Waals surface area contributed by atoms with Gasteiger partial charge in [-0.05, 0) is 42.6 Å². The van der Waals surface area contributed by atoms with Crippen molar-refractivity contribution in [1.29, 1.82) is 0 Å². The first-order chi connectivity index (χ1) is 8.20. The van der Waals surface area contributed by atoms with Crippen molar-refractivity contribution in [2.75, 3.05) is 6.54 Å². The van der Waals surface area contributed by atoms with Crippen molar-refractivity contribution in [3.05, 3.63) is 32.7 Å². The Kier molecular flexibility index (Phi) is 5.07. The predicted octanol–water partition coefficient (Wildman–Crippen LogP) is 5.05. The van der Waals surface area contributed by atoms with Gasteiger partial charge in [0.05, 0.1) is 0 Å². The van der Waals surface area contributed by atoms with Crippen molar-refractivity contribution in [3.8, 4) is 0 Å². The smallest absolute Gasteiger partial charge is 0.0334 e. The molecule has 1 atom stereocenters. The molecule has 1 N–H and O–H groups in total. The molecule has 1 aromatic carbocycles. The second kappa shape index (κ2) is 6.35. The van der Waals surface area contributed by atoms with Crippen molar-refractivity contribution in [3.63, 3.8) is 0 Å². The maximum absolute atomic E-state index is 3.67. The first kappa shape index (κ1) is 13.6. The molecule has 1 nitrogen and oxygen atoms in total. The molecule has 0 aromatic heterocycles. The van der Waals surface area contributed by atoms with Crippen molar-refractivity contribution < 1.29 is 0 Å². The topological polar surface area (TPSA) is 12.0 Å². The molecule has 0 aliphatic heterocycles. The molecule has 1 aliphatic rings. The fourth-order valence-electron chi connectivity index (χ4n) is 2.41. The number of hydrogen-bond acceptors (Lipinski definition) is 1. The third kappa shape index (κ3) is 3.55. The predicted molar refractivity (Wildman–Crippen MR) is 80.2 cm³/mol. The van der Waals surface area contributed by atoms with Crippen LogP contribution in [0.3, 0.4) is 0 Å². The van der Waals surface area contributed by atoms with Crippen LogP contribution < -0.4 is 5.32 Å². The Morgan fingerprint density at radius 2 is 2.12 bits per heavy atom. The van der Waals surface area contributed by atoms with Gasteiger partial charge in [0.15, 0.2) is 0 Å². The van der Waals surface area contributed by atoms with Gasteiger partial charge in [-0.3, -0.25) is 0 Å². The fraction of sp³-hybridized carbons (Fsp3) is 0.571. The third-order valence-electron chi connectivity index (χ3n) is 3.58. The maximum atomic E-state index is 3.67. The first-order valence-corrected chi connectivity index (χ1v) is 7.97. The van der Waals surface area contributed by atoms with E-state index in [4.69, 9.17) is 0 Å². The Morgan fingerprint density at radius 3 is 2.71 bits per heavy atom. The SMILES string of the molecule is CCNC(CC1CCC1)c1cc(Br)ccc1Br. The van der Waals surface area contributed by atoms with Gasteiger partial charge in [-0.15, -0.1) is 0 Å². The Balaban J connectivity index is 2.14. The molecule has 3 heteroatoms. The largest absolute Gasteiger partial charge is 0.310 e. The lowest BCUT2D eigenvalue weighted by Gasteiger charge is -2.30. The molecule has 0 bridgehead atoms. The minimum Gasteiger partial charge on any atom is -0.310 e. The van der Waals surface area contributed by atoms with Crippen LogP contribution in [0.15, 0.2) is 27.1 Å². The summed E-state index contributed by atoms with van der Waals surface area (Å²) >= 11 is 7.23. The van der Waals surface area contributed by atoms with Gasteiger partial charge in [-0.25, -0.2) is 0 Å². The monoisotopic (exact) mass is 359 g/mol. The van der Waals surface area contributed by atoms with Crippen LogP contribution in [0.25, 0.3) is 0 Å². The number of hydrogen-bond donors (Lipinski definition) is 1. The fourth-order valence-corrected chi connectivity index (χ4v) is 3.31. The van der Waals surface area contributed by atoms with Crippen molar-refractivity contribution in [2.24, 2.45) is 5.92 Å². The van der Waals surface area contributed by atoms with Crippen LogP contribution in [0, 0.1) is 5.92 Å². The lowest BCUT2D eigenvalue weighted by atomic mass is 9.79. The standard InChI is InChI=1S/C14H19Br2N/c1-2-17-14(8-10-4-3-5-10)12-9-11(15)6-7-13(12)16/h6-7,9-10,14,17H,2-5,8H2,1H3. The number of halogens is 2. The molecule has 0 saturated heterocycles. The molecular weight excluding hydrogens is 342 g/mol. The number of rotatable bonds is 5. The summed E-state index contributed by atoms with van der Waals surface area (Å²) in [6.45, 7) is 3.20. The van der Waals surface area contributed by atoms with Gasteiger partial charge in [0, 0.05) is 15.0 Å². The van der Waals surface area contributed by atoms with Crippen LogP contribution in [0.2, 0.25) is 0 Å². The highest BCUT2D eigenvalue weighted by Gasteiger charge is 2.23. The summed E-state index contributed by atoms with van der Waals surface area (Å²) in [5.74, 6) is 0.921. The number of nitrogens with one attached hydrogen (secondary N) is 1. The minimum absolute atomic E-state index is 0.483. The molecule has 1 saturated carbocycles. The zero-order valence-electron chi connectivity index (χ0n) is 10.2. The van der Waals surface area contributed by atoms with E-state index in [0.717, 1.165) is 16.9 Å². The third-order valence-corrected chi connectivity index (χ3v) is 4.79. The van der Waals surface area contributed by atoms with E-state index >= 15 is 0 Å². The Hall–Kier alpha value is 0.140. The van der Waals surface area contributed by atoms with E-state index in [-0.39, 0.29) is 0 Å². The Morgan fingerprint density at radius 1 is 1.35 bits per heavy atom. The van der Waals surface area contributed by atoms with Crippen molar-refractivity contribution >= 4 is 31.9 Å². The molecule has 1 aromatic rings. The zero-order valence-corrected chi connectivity index (χ0v) is 13.4. The van der Waals surface area contributed by atoms with Gasteiger partial charge >= 0.3 is 0 Å². The average molecular weight is 361 g/mol. The molecule has 94 valence electrons. The molecule has 0 spiro atoms. The maximum Gasteiger partial charge on any atom is 0.0334 e. The molecule has 1 aliphatic carbocycles. The molecular formula is C14H19Br2N. The summed E-state index contributed by atoms with van der Waals surface area (Å²) in [7, 11) is 0. The van der Waals surface area contributed by atoms with E-state index in [1.165, 1.54) is 35.7 Å². The van der Waals surface area contributed by atoms with Crippen LogP contribution in [0.5, 0.6) is 0 Å². The zero-order chi connectivity index (χ0) is 12.3. The van der Waals surface area contributed by atoms with Crippen LogP contribution in [-0.4, -0.2) is 6.54 Å². The second-order valence-corrected chi connectivity index (χ2v) is 6.58. The number of benzene rings is 1. The van der Waals surface area contributed by atoms with E-state index in [2.05, 4.69) is 62.3 Å². The molecule has 0 heterocycles. The van der Waals surface area contributed by atoms with E-state index in [1.807, 2.05) is 0 Å². The van der Waals surface area contributed by atoms with Crippen LogP contribution in [-0.2, 0) is 0 Å². The molecule has 0 radical (unpaired) electrons. The summed E-state index contributed by atoms with van der Waals surface area (Å²) in [5.41, 5.74) is 1.38. The van der Waals surface area contributed by atoms with Crippen molar-refractivity contribution in [1.82, 2.24) is 5.32 Å². The van der Waals surface area contributed by atoms with Gasteiger partial charge in [-0.1, -0.05) is 58.0 Å². The Bertz CT molecular complexity index is 374. The summed E-state index contributed by atoms with van der Waals surface area (Å²) in [6, 6.07) is 6.93. The normalized spacial score (nSPS) is 17.8. The molecule has 1 unspecified atom stereocenters. The van der Waals surface area contributed by atoms with Gasteiger partial charge in [-0.2, -0.15) is 0 Å². The molecule has 17 heavy (non-hydrogen) atoms. The molecule has 1 fully saturated rings. The van der Waals surface area contributed by atoms with Gasteiger partial charge < -0.3 is 5.32 Å². The highest BCUT2D eigenvalue weighted by atomic mass is 79.9. The van der Waals surface area contributed by atoms with E-state index in [1.54, 1.807) is 0 Å². The van der Waals surface area contributed by atoms with Gasteiger partial charge in [0.25, 0.3) is 0 Å². The van der Waals surface area contributed by atoms with Crippen LogP contribution >= 0.6 is 31.9 Å². The van der Waals surface area contributed by atoms with E-state index in [9.17, 15) is 0 Å². The Labute approximate surface area is 121 Å². The van der Waals surface area contributed by atoms with Gasteiger partial charge in [0.2, 0.25) is 0 Å². The molecule has 2 rings (SSSR count). The first-order valence-electron chi connectivity index (χ1n) is 6.39. The highest BCUT2D eigenvalue weighted by molar-refractivity contribution is 9.11. The molecule has 0 amide bonds. The average Bonchev–Trinajstić information content (AvgIpc) is 2.25. The van der Waals surface area contributed by atoms with Gasteiger partial charge in [0.1, 0.15) is 0 Å². The lowest BCUT2D eigenvalue weighted by Crippen LogP contribution is -2.26. The van der Waals surface area contributed by atoms with Crippen LogP contribution in [0.4, 0.5) is 0 Å². The summed E-state index contributed by atoms with van der Waals surface area (Å²) in [6.07, 6.45) is 5.51. The van der Waals surface area contributed by atoms with E-state index in [0.29, 0.717) is 6.04 Å². The van der Waals surface area contributed by atoms with Crippen molar-refractivity contribution in [2.45, 2.75) is 38.6 Å². The summed E-state index contributed by atoms with van der Waals surface area (Å²) in [4.78, 5) is 0. The minimum atomic E-state index is 0.483.